The van der Waals surface area contributed by atoms with Gasteiger partial charge in [-0.25, -0.2) is 9.38 Å². The zero-order valence-electron chi connectivity index (χ0n) is 19.2. The minimum absolute atomic E-state index is 0.213. The zero-order chi connectivity index (χ0) is 23.2. The minimum Gasteiger partial charge on any atom is -0.339 e. The Kier molecular flexibility index (Phi) is 5.37. The average molecular weight is 475 g/mol. The lowest BCUT2D eigenvalue weighted by molar-refractivity contribution is -0.135. The van der Waals surface area contributed by atoms with Crippen LogP contribution in [0.15, 0.2) is 42.5 Å². The molecule has 2 aromatic heterocycles. The van der Waals surface area contributed by atoms with Crippen molar-refractivity contribution in [3.8, 4) is 11.4 Å². The van der Waals surface area contributed by atoms with E-state index in [-0.39, 0.29) is 5.92 Å². The summed E-state index contributed by atoms with van der Waals surface area (Å²) in [5.74, 6) is 2.09. The van der Waals surface area contributed by atoms with Crippen molar-refractivity contribution in [2.75, 3.05) is 31.1 Å². The summed E-state index contributed by atoms with van der Waals surface area (Å²) in [5.41, 5.74) is 3.74. The highest BCUT2D eigenvalue weighted by Crippen LogP contribution is 2.31. The number of fused-ring (bicyclic) bond motifs is 3. The Morgan fingerprint density at radius 3 is 2.44 bits per heavy atom. The van der Waals surface area contributed by atoms with Gasteiger partial charge in [-0.1, -0.05) is 54.3 Å². The van der Waals surface area contributed by atoms with E-state index in [1.54, 1.807) is 0 Å². The molecule has 2 aliphatic rings. The molecule has 0 unspecified atom stereocenters. The van der Waals surface area contributed by atoms with E-state index in [9.17, 15) is 4.79 Å². The van der Waals surface area contributed by atoms with Crippen LogP contribution in [0.5, 0.6) is 0 Å². The number of rotatable bonds is 3. The zero-order valence-corrected chi connectivity index (χ0v) is 20.0. The van der Waals surface area contributed by atoms with Crippen LogP contribution in [0, 0.1) is 12.8 Å². The molecule has 0 bridgehead atoms. The maximum atomic E-state index is 12.9. The molecule has 1 saturated carbocycles. The molecule has 1 saturated heterocycles. The quantitative estimate of drug-likeness (QED) is 0.429. The van der Waals surface area contributed by atoms with Gasteiger partial charge < -0.3 is 9.80 Å². The van der Waals surface area contributed by atoms with Crippen molar-refractivity contribution in [2.45, 2.75) is 32.6 Å². The van der Waals surface area contributed by atoms with Gasteiger partial charge in [0.25, 0.3) is 0 Å². The van der Waals surface area contributed by atoms with E-state index in [1.807, 2.05) is 23.1 Å². The van der Waals surface area contributed by atoms with Crippen molar-refractivity contribution in [3.05, 3.63) is 53.1 Å². The Hall–Kier alpha value is -3.19. The van der Waals surface area contributed by atoms with Gasteiger partial charge >= 0.3 is 0 Å². The summed E-state index contributed by atoms with van der Waals surface area (Å²) >= 11 is 6.30. The van der Waals surface area contributed by atoms with E-state index in [4.69, 9.17) is 16.6 Å². The second-order valence-electron chi connectivity index (χ2n) is 9.42. The number of anilines is 1. The predicted octanol–water partition coefficient (Wildman–Crippen LogP) is 4.75. The molecule has 1 amide bonds. The first kappa shape index (κ1) is 21.4. The number of carbonyl (C=O) groups excluding carboxylic acids is 1. The van der Waals surface area contributed by atoms with Crippen LogP contribution >= 0.6 is 11.6 Å². The molecule has 0 N–H and O–H groups in total. The highest BCUT2D eigenvalue weighted by Gasteiger charge is 2.31. The predicted molar refractivity (Wildman–Crippen MR) is 134 cm³/mol. The number of halogens is 1. The van der Waals surface area contributed by atoms with Gasteiger partial charge in [-0.3, -0.25) is 4.79 Å². The molecular weight excluding hydrogens is 448 g/mol. The minimum atomic E-state index is 0.213. The van der Waals surface area contributed by atoms with E-state index in [0.717, 1.165) is 59.8 Å². The number of nitrogens with zero attached hydrogens (tertiary/aromatic N) is 6. The van der Waals surface area contributed by atoms with E-state index in [1.165, 1.54) is 18.4 Å². The number of aryl methyl sites for hydroxylation is 1. The summed E-state index contributed by atoms with van der Waals surface area (Å²) in [6.07, 6.45) is 4.42. The summed E-state index contributed by atoms with van der Waals surface area (Å²) in [6.45, 7) is 4.92. The molecule has 0 radical (unpaired) electrons. The SMILES string of the molecule is Cc1ccc(-c2nnc3c4ccc(Cl)cc4nc(N4CCN(C(=O)C5CCCC5)CC4)n23)cc1. The third-order valence-corrected chi connectivity index (χ3v) is 7.41. The van der Waals surface area contributed by atoms with Crippen LogP contribution < -0.4 is 4.90 Å². The van der Waals surface area contributed by atoms with Crippen molar-refractivity contribution >= 4 is 40.0 Å². The fourth-order valence-corrected chi connectivity index (χ4v) is 5.42. The highest BCUT2D eigenvalue weighted by molar-refractivity contribution is 6.31. The average Bonchev–Trinajstić information content (AvgIpc) is 3.54. The fourth-order valence-electron chi connectivity index (χ4n) is 5.25. The van der Waals surface area contributed by atoms with Gasteiger partial charge in [0.05, 0.1) is 5.52 Å². The van der Waals surface area contributed by atoms with Crippen molar-refractivity contribution in [1.82, 2.24) is 24.5 Å². The monoisotopic (exact) mass is 474 g/mol. The Bertz CT molecular complexity index is 1370. The van der Waals surface area contributed by atoms with Crippen LogP contribution in [-0.4, -0.2) is 56.6 Å². The van der Waals surface area contributed by atoms with Gasteiger partial charge in [0.1, 0.15) is 0 Å². The Labute approximate surface area is 203 Å². The van der Waals surface area contributed by atoms with Crippen LogP contribution in [0.4, 0.5) is 5.95 Å². The second kappa shape index (κ2) is 8.55. The first-order chi connectivity index (χ1) is 16.6. The standard InChI is InChI=1S/C26H27ClN6O/c1-17-6-8-18(9-7-17)23-29-30-24-21-11-10-20(27)16-22(21)28-26(33(23)24)32-14-12-31(13-15-32)25(34)19-4-2-3-5-19/h6-11,16,19H,2-5,12-15H2,1H3. The third-order valence-electron chi connectivity index (χ3n) is 7.17. The number of amides is 1. The maximum absolute atomic E-state index is 12.9. The molecule has 3 heterocycles. The lowest BCUT2D eigenvalue weighted by atomic mass is 10.1. The van der Waals surface area contributed by atoms with Crippen LogP contribution in [0.25, 0.3) is 27.9 Å². The molecule has 2 aromatic carbocycles. The molecule has 0 spiro atoms. The van der Waals surface area contributed by atoms with Crippen molar-refractivity contribution in [1.29, 1.82) is 0 Å². The van der Waals surface area contributed by atoms with Crippen LogP contribution in [0.2, 0.25) is 5.02 Å². The number of benzene rings is 2. The van der Waals surface area contributed by atoms with E-state index < -0.39 is 0 Å². The van der Waals surface area contributed by atoms with Gasteiger partial charge in [-0.15, -0.1) is 10.2 Å². The van der Waals surface area contributed by atoms with Crippen LogP contribution in [0.1, 0.15) is 31.2 Å². The molecule has 1 aliphatic carbocycles. The smallest absolute Gasteiger partial charge is 0.225 e. The van der Waals surface area contributed by atoms with Gasteiger partial charge in [0.2, 0.25) is 11.9 Å². The van der Waals surface area contributed by atoms with Crippen LogP contribution in [-0.2, 0) is 4.79 Å². The van der Waals surface area contributed by atoms with Gasteiger partial charge in [0.15, 0.2) is 11.5 Å². The van der Waals surface area contributed by atoms with Crippen molar-refractivity contribution in [2.24, 2.45) is 5.92 Å². The summed E-state index contributed by atoms with van der Waals surface area (Å²) < 4.78 is 2.05. The topological polar surface area (TPSA) is 66.6 Å². The lowest BCUT2D eigenvalue weighted by Crippen LogP contribution is -2.50. The number of hydrogen-bond donors (Lipinski definition) is 0. The summed E-state index contributed by atoms with van der Waals surface area (Å²) in [5, 5.41) is 10.7. The Morgan fingerprint density at radius 1 is 0.971 bits per heavy atom. The molecular formula is C26H27ClN6O. The molecule has 174 valence electrons. The Morgan fingerprint density at radius 2 is 1.71 bits per heavy atom. The normalized spacial score (nSPS) is 17.2. The number of hydrogen-bond acceptors (Lipinski definition) is 5. The fraction of sp³-hybridized carbons (Fsp3) is 0.385. The number of piperazine rings is 1. The molecule has 7 nitrogen and oxygen atoms in total. The van der Waals surface area contributed by atoms with Gasteiger partial charge in [-0.2, -0.15) is 0 Å². The first-order valence-corrected chi connectivity index (χ1v) is 12.4. The summed E-state index contributed by atoms with van der Waals surface area (Å²) in [4.78, 5) is 22.3. The third kappa shape index (κ3) is 3.68. The largest absolute Gasteiger partial charge is 0.339 e. The Balaban J connectivity index is 1.41. The second-order valence-corrected chi connectivity index (χ2v) is 9.85. The first-order valence-electron chi connectivity index (χ1n) is 12.0. The molecule has 8 heteroatoms. The number of carbonyl (C=O) groups is 1. The van der Waals surface area contributed by atoms with E-state index in [0.29, 0.717) is 24.0 Å². The molecule has 0 atom stereocenters. The molecule has 2 fully saturated rings. The molecule has 1 aliphatic heterocycles. The highest BCUT2D eigenvalue weighted by atomic mass is 35.5. The lowest BCUT2D eigenvalue weighted by Gasteiger charge is -2.36. The van der Waals surface area contributed by atoms with Gasteiger partial charge in [0, 0.05) is 48.1 Å². The molecule has 34 heavy (non-hydrogen) atoms. The van der Waals surface area contributed by atoms with E-state index in [2.05, 4.69) is 50.7 Å². The van der Waals surface area contributed by atoms with Gasteiger partial charge in [-0.05, 0) is 38.0 Å². The summed E-state index contributed by atoms with van der Waals surface area (Å²) in [7, 11) is 0. The maximum Gasteiger partial charge on any atom is 0.225 e. The van der Waals surface area contributed by atoms with E-state index >= 15 is 0 Å². The summed E-state index contributed by atoms with van der Waals surface area (Å²) in [6, 6.07) is 14.0. The van der Waals surface area contributed by atoms with Crippen LogP contribution in [0.3, 0.4) is 0 Å². The number of aromatic nitrogens is 4. The van der Waals surface area contributed by atoms with Crippen molar-refractivity contribution in [3.63, 3.8) is 0 Å². The van der Waals surface area contributed by atoms with Crippen molar-refractivity contribution < 1.29 is 4.79 Å². The molecule has 6 rings (SSSR count). The molecule has 4 aromatic rings.